The lowest BCUT2D eigenvalue weighted by Crippen LogP contribution is -2.60. The van der Waals surface area contributed by atoms with E-state index in [1.807, 2.05) is 0 Å². The monoisotopic (exact) mass is 999 g/mol. The normalized spacial score (nSPS) is 19.5. The van der Waals surface area contributed by atoms with Gasteiger partial charge in [0.1, 0.15) is 30.5 Å². The van der Waals surface area contributed by atoms with Gasteiger partial charge in [-0.2, -0.15) is 8.42 Å². The summed E-state index contributed by atoms with van der Waals surface area (Å²) in [7, 11) is -5.07. The lowest BCUT2D eigenvalue weighted by molar-refractivity contribution is -0.301. The Balaban J connectivity index is 2.32. The van der Waals surface area contributed by atoms with Gasteiger partial charge in [-0.25, -0.2) is 4.18 Å². The third kappa shape index (κ3) is 40.3. The molecule has 4 N–H and O–H groups in total. The average Bonchev–Trinajstić information content (AvgIpc) is 3.32. The fraction of sp³-hybridized carbons (Fsp3) is 0.839. The van der Waals surface area contributed by atoms with Crippen molar-refractivity contribution < 1.29 is 56.2 Å². The molecular formula is C56H102O12S. The van der Waals surface area contributed by atoms with E-state index in [-0.39, 0.29) is 19.6 Å². The molecule has 6 atom stereocenters. The van der Waals surface area contributed by atoms with Crippen molar-refractivity contribution in [2.24, 2.45) is 0 Å². The van der Waals surface area contributed by atoms with E-state index >= 15 is 0 Å². The lowest BCUT2D eigenvalue weighted by Gasteiger charge is -2.41. The fourth-order valence-electron chi connectivity index (χ4n) is 8.55. The van der Waals surface area contributed by atoms with Crippen LogP contribution in [-0.2, 0) is 38.3 Å². The highest BCUT2D eigenvalue weighted by molar-refractivity contribution is 7.80. The van der Waals surface area contributed by atoms with Crippen molar-refractivity contribution in [3.05, 3.63) is 48.6 Å². The zero-order chi connectivity index (χ0) is 50.3. The molecule has 0 aliphatic carbocycles. The molecule has 0 aromatic rings. The number of allylic oxidation sites excluding steroid dienone is 8. The van der Waals surface area contributed by atoms with E-state index in [0.29, 0.717) is 13.0 Å². The van der Waals surface area contributed by atoms with Crippen LogP contribution in [0.25, 0.3) is 0 Å². The van der Waals surface area contributed by atoms with Crippen molar-refractivity contribution in [1.82, 2.24) is 0 Å². The molecule has 1 rings (SSSR count). The Morgan fingerprint density at radius 3 is 1.46 bits per heavy atom. The zero-order valence-electron chi connectivity index (χ0n) is 43.6. The summed E-state index contributed by atoms with van der Waals surface area (Å²) in [4.78, 5) is 12.9. The number of aliphatic hydroxyl groups is 3. The van der Waals surface area contributed by atoms with E-state index in [0.717, 1.165) is 70.6 Å². The molecule has 13 heteroatoms. The molecule has 1 saturated heterocycles. The molecule has 0 saturated carbocycles. The van der Waals surface area contributed by atoms with Crippen LogP contribution >= 0.6 is 0 Å². The third-order valence-electron chi connectivity index (χ3n) is 12.7. The third-order valence-corrected chi connectivity index (χ3v) is 13.2. The van der Waals surface area contributed by atoms with Crippen LogP contribution in [0.4, 0.5) is 0 Å². The zero-order valence-corrected chi connectivity index (χ0v) is 44.4. The van der Waals surface area contributed by atoms with Crippen molar-refractivity contribution in [2.45, 2.75) is 275 Å². The molecule has 0 radical (unpaired) electrons. The van der Waals surface area contributed by atoms with Crippen molar-refractivity contribution in [1.29, 1.82) is 0 Å². The SMILES string of the molecule is CC/C=C\C/C=C\C/C=C\C/C=C\CCCCCCCCCCCOCC(COC1OC(CO)C(O)C(OS(=O)(=O)O)C1O)OC(=O)CCCCCCCCCCCCCCCCCCCCCC. The van der Waals surface area contributed by atoms with Gasteiger partial charge in [0.2, 0.25) is 0 Å². The Bertz CT molecular complexity index is 1380. The van der Waals surface area contributed by atoms with Crippen LogP contribution in [0.3, 0.4) is 0 Å². The van der Waals surface area contributed by atoms with Gasteiger partial charge in [0.25, 0.3) is 0 Å². The summed E-state index contributed by atoms with van der Waals surface area (Å²) in [6, 6.07) is 0. The first kappa shape index (κ1) is 65.1. The van der Waals surface area contributed by atoms with E-state index in [9.17, 15) is 33.1 Å². The number of hydrogen-bond acceptors (Lipinski definition) is 11. The number of aliphatic hydroxyl groups excluding tert-OH is 3. The van der Waals surface area contributed by atoms with Gasteiger partial charge in [-0.15, -0.1) is 0 Å². The lowest BCUT2D eigenvalue weighted by atomic mass is 9.99. The van der Waals surface area contributed by atoms with Gasteiger partial charge in [0.15, 0.2) is 6.29 Å². The van der Waals surface area contributed by atoms with Crippen molar-refractivity contribution in [3.63, 3.8) is 0 Å². The molecule has 404 valence electrons. The maximum atomic E-state index is 12.9. The van der Waals surface area contributed by atoms with E-state index in [2.05, 4.69) is 66.6 Å². The number of carbonyl (C=O) groups is 1. The van der Waals surface area contributed by atoms with Crippen LogP contribution in [0.1, 0.15) is 239 Å². The molecule has 0 aromatic carbocycles. The number of hydrogen-bond donors (Lipinski definition) is 4. The molecule has 0 amide bonds. The standard InChI is InChI=1S/C56H102O12S/c1-3-5-7-9-11-13-15-17-19-21-23-25-26-28-30-32-34-36-38-40-42-44-46-64-48-50(49-65-56-54(60)55(68-69(61,62)63)53(59)51(47-57)67-56)66-52(58)45-43-41-39-37-35-33-31-29-27-24-22-20-18-16-14-12-10-8-6-4-2/h5,7,11,13,17,19,23,25,50-51,53-57,59-60H,3-4,6,8-10,12,14-16,18,20-22,24,26-49H2,1-2H3,(H,61,62,63)/b7-5-,13-11-,19-17-,25-23-. The second-order valence-electron chi connectivity index (χ2n) is 19.2. The smallest absolute Gasteiger partial charge is 0.397 e. The molecule has 1 aliphatic heterocycles. The van der Waals surface area contributed by atoms with Gasteiger partial charge in [0.05, 0.1) is 19.8 Å². The molecule has 69 heavy (non-hydrogen) atoms. The average molecular weight is 999 g/mol. The van der Waals surface area contributed by atoms with Crippen molar-refractivity contribution in [2.75, 3.05) is 26.4 Å². The first-order valence-electron chi connectivity index (χ1n) is 27.9. The second-order valence-corrected chi connectivity index (χ2v) is 20.2. The number of ether oxygens (including phenoxy) is 4. The highest BCUT2D eigenvalue weighted by atomic mass is 32.3. The summed E-state index contributed by atoms with van der Waals surface area (Å²) in [5.41, 5.74) is 0. The van der Waals surface area contributed by atoms with Gasteiger partial charge >= 0.3 is 16.4 Å². The largest absolute Gasteiger partial charge is 0.457 e. The van der Waals surface area contributed by atoms with E-state index in [1.54, 1.807) is 0 Å². The number of unbranched alkanes of at least 4 members (excludes halogenated alkanes) is 28. The Kier molecular flexibility index (Phi) is 44.4. The molecule has 1 fully saturated rings. The predicted molar refractivity (Wildman–Crippen MR) is 280 cm³/mol. The first-order valence-corrected chi connectivity index (χ1v) is 29.3. The second kappa shape index (κ2) is 47.1. The van der Waals surface area contributed by atoms with E-state index < -0.39 is 59.8 Å². The van der Waals surface area contributed by atoms with Gasteiger partial charge in [-0.3, -0.25) is 9.35 Å². The van der Waals surface area contributed by atoms with Gasteiger partial charge in [0, 0.05) is 13.0 Å². The summed E-state index contributed by atoms with van der Waals surface area (Å²) < 4.78 is 59.4. The minimum atomic E-state index is -5.07. The molecule has 0 spiro atoms. The minimum absolute atomic E-state index is 0.0335. The molecule has 0 bridgehead atoms. The van der Waals surface area contributed by atoms with Gasteiger partial charge in [-0.1, -0.05) is 229 Å². The summed E-state index contributed by atoms with van der Waals surface area (Å²) >= 11 is 0. The predicted octanol–water partition coefficient (Wildman–Crippen LogP) is 13.5. The Morgan fingerprint density at radius 2 is 1.00 bits per heavy atom. The Labute approximate surface area is 421 Å². The number of carbonyl (C=O) groups excluding carboxylic acids is 1. The van der Waals surface area contributed by atoms with Crippen LogP contribution < -0.4 is 0 Å². The van der Waals surface area contributed by atoms with Crippen LogP contribution in [0.2, 0.25) is 0 Å². The maximum Gasteiger partial charge on any atom is 0.397 e. The maximum absolute atomic E-state index is 12.9. The van der Waals surface area contributed by atoms with Crippen LogP contribution in [0.15, 0.2) is 48.6 Å². The molecule has 1 heterocycles. The van der Waals surface area contributed by atoms with Gasteiger partial charge < -0.3 is 34.3 Å². The summed E-state index contributed by atoms with van der Waals surface area (Å²) in [5.74, 6) is -0.398. The van der Waals surface area contributed by atoms with Crippen LogP contribution in [0, 0.1) is 0 Å². The fourth-order valence-corrected chi connectivity index (χ4v) is 9.06. The van der Waals surface area contributed by atoms with Crippen LogP contribution in [-0.4, -0.2) is 97.5 Å². The Hall–Kier alpha value is -1.94. The Morgan fingerprint density at radius 1 is 0.565 bits per heavy atom. The number of esters is 1. The topological polar surface area (TPSA) is 178 Å². The molecule has 0 aromatic heterocycles. The molecule has 1 aliphatic rings. The molecular weight excluding hydrogens is 897 g/mol. The summed E-state index contributed by atoms with van der Waals surface area (Å²) in [6.07, 6.45) is 50.0. The van der Waals surface area contributed by atoms with Crippen molar-refractivity contribution >= 4 is 16.4 Å². The number of rotatable bonds is 49. The quantitative estimate of drug-likeness (QED) is 0.0196. The van der Waals surface area contributed by atoms with Gasteiger partial charge in [-0.05, 0) is 51.4 Å². The first-order chi connectivity index (χ1) is 33.6. The van der Waals surface area contributed by atoms with Crippen LogP contribution in [0.5, 0.6) is 0 Å². The minimum Gasteiger partial charge on any atom is -0.457 e. The highest BCUT2D eigenvalue weighted by Gasteiger charge is 2.48. The molecule has 6 unspecified atom stereocenters. The summed E-state index contributed by atoms with van der Waals surface area (Å²) in [6.45, 7) is 3.91. The van der Waals surface area contributed by atoms with E-state index in [4.69, 9.17) is 18.9 Å². The highest BCUT2D eigenvalue weighted by Crippen LogP contribution is 2.26. The molecule has 12 nitrogen and oxygen atoms in total. The summed E-state index contributed by atoms with van der Waals surface area (Å²) in [5, 5.41) is 30.8. The van der Waals surface area contributed by atoms with Crippen molar-refractivity contribution in [3.8, 4) is 0 Å². The van der Waals surface area contributed by atoms with E-state index in [1.165, 1.54) is 141 Å².